The van der Waals surface area contributed by atoms with Gasteiger partial charge in [0, 0.05) is 0 Å². The number of rotatable bonds is 4. The van der Waals surface area contributed by atoms with Crippen molar-refractivity contribution < 1.29 is 9.63 Å². The molecule has 3 N–H and O–H groups in total. The fourth-order valence-corrected chi connectivity index (χ4v) is 1.42. The third kappa shape index (κ3) is 2.96. The summed E-state index contributed by atoms with van der Waals surface area (Å²) in [5.74, 6) is -0.230. The minimum atomic E-state index is -0.821. The minimum Gasteiger partial charge on any atom is -0.318 e. The second kappa shape index (κ2) is 4.75. The maximum Gasteiger partial charge on any atom is 0.263 e. The quantitative estimate of drug-likeness (QED) is 0.668. The normalized spacial score (nSPS) is 21.9. The highest BCUT2D eigenvalue weighted by atomic mass is 16.7. The van der Waals surface area contributed by atoms with Crippen molar-refractivity contribution in [2.75, 3.05) is 0 Å². The number of nitrogens with one attached hydrogen (secondary N) is 1. The molecule has 1 unspecified atom stereocenters. The Hall–Kier alpha value is -0.610. The maximum atomic E-state index is 11.5. The molecule has 0 saturated heterocycles. The van der Waals surface area contributed by atoms with E-state index in [1.165, 1.54) is 12.8 Å². The Morgan fingerprint density at radius 2 is 2.14 bits per heavy atom. The summed E-state index contributed by atoms with van der Waals surface area (Å²) in [7, 11) is 0. The summed E-state index contributed by atoms with van der Waals surface area (Å²) >= 11 is 0. The number of amides is 1. The lowest BCUT2D eigenvalue weighted by Gasteiger charge is -2.22. The Morgan fingerprint density at radius 1 is 1.57 bits per heavy atom. The van der Waals surface area contributed by atoms with Crippen LogP contribution in [0, 0.1) is 0 Å². The van der Waals surface area contributed by atoms with Gasteiger partial charge in [-0.3, -0.25) is 9.63 Å². The topological polar surface area (TPSA) is 64.4 Å². The average Bonchev–Trinajstić information content (AvgIpc) is 2.66. The van der Waals surface area contributed by atoms with E-state index in [1.54, 1.807) is 6.92 Å². The Balaban J connectivity index is 2.26. The van der Waals surface area contributed by atoms with Gasteiger partial charge in [0.15, 0.2) is 0 Å². The molecule has 0 aromatic heterocycles. The van der Waals surface area contributed by atoms with Gasteiger partial charge in [-0.25, -0.2) is 5.48 Å². The van der Waals surface area contributed by atoms with Gasteiger partial charge in [-0.05, 0) is 26.2 Å². The first-order chi connectivity index (χ1) is 6.56. The molecule has 1 fully saturated rings. The largest absolute Gasteiger partial charge is 0.318 e. The Morgan fingerprint density at radius 3 is 2.64 bits per heavy atom. The predicted molar refractivity (Wildman–Crippen MR) is 54.4 cm³/mol. The smallest absolute Gasteiger partial charge is 0.263 e. The van der Waals surface area contributed by atoms with E-state index in [1.807, 2.05) is 6.92 Å². The number of hydrogen-bond acceptors (Lipinski definition) is 3. The van der Waals surface area contributed by atoms with Gasteiger partial charge in [0.2, 0.25) is 0 Å². The van der Waals surface area contributed by atoms with E-state index in [0.29, 0.717) is 6.42 Å². The summed E-state index contributed by atoms with van der Waals surface area (Å²) in [5, 5.41) is 0. The molecule has 0 aliphatic heterocycles. The zero-order chi connectivity index (χ0) is 10.6. The van der Waals surface area contributed by atoms with E-state index in [9.17, 15) is 4.79 Å². The molecule has 1 atom stereocenters. The first-order valence-electron chi connectivity index (χ1n) is 5.31. The Labute approximate surface area is 85.1 Å². The fourth-order valence-electron chi connectivity index (χ4n) is 1.42. The van der Waals surface area contributed by atoms with E-state index in [-0.39, 0.29) is 12.0 Å². The lowest BCUT2D eigenvalue weighted by molar-refractivity contribution is -0.143. The number of carbonyl (C=O) groups is 1. The molecule has 0 spiro atoms. The molecule has 0 aromatic rings. The summed E-state index contributed by atoms with van der Waals surface area (Å²) < 4.78 is 0. The van der Waals surface area contributed by atoms with Crippen LogP contribution in [0.5, 0.6) is 0 Å². The van der Waals surface area contributed by atoms with Gasteiger partial charge in [-0.15, -0.1) is 0 Å². The van der Waals surface area contributed by atoms with Gasteiger partial charge >= 0.3 is 0 Å². The van der Waals surface area contributed by atoms with Crippen molar-refractivity contribution in [3.05, 3.63) is 0 Å². The molecule has 14 heavy (non-hydrogen) atoms. The second-order valence-corrected chi connectivity index (χ2v) is 4.23. The fraction of sp³-hybridized carbons (Fsp3) is 0.900. The minimum absolute atomic E-state index is 0.187. The number of carbonyl (C=O) groups excluding carboxylic acids is 1. The Bertz CT molecular complexity index is 198. The molecular weight excluding hydrogens is 180 g/mol. The van der Waals surface area contributed by atoms with Crippen molar-refractivity contribution in [2.24, 2.45) is 5.73 Å². The molecule has 4 heteroatoms. The van der Waals surface area contributed by atoms with Gasteiger partial charge in [0.05, 0.1) is 11.6 Å². The molecule has 0 bridgehead atoms. The average molecular weight is 200 g/mol. The zero-order valence-corrected chi connectivity index (χ0v) is 9.01. The maximum absolute atomic E-state index is 11.5. The second-order valence-electron chi connectivity index (χ2n) is 4.23. The van der Waals surface area contributed by atoms with Crippen molar-refractivity contribution in [1.29, 1.82) is 0 Å². The van der Waals surface area contributed by atoms with E-state index < -0.39 is 5.54 Å². The molecule has 1 amide bonds. The monoisotopic (exact) mass is 200 g/mol. The molecule has 0 radical (unpaired) electrons. The SMILES string of the molecule is CCC(C)(N)C(=O)NOC1CCCC1. The highest BCUT2D eigenvalue weighted by molar-refractivity contribution is 5.84. The molecule has 1 saturated carbocycles. The van der Waals surface area contributed by atoms with Gasteiger partial charge < -0.3 is 5.73 Å². The third-order valence-electron chi connectivity index (χ3n) is 2.87. The molecule has 0 heterocycles. The van der Waals surface area contributed by atoms with Crippen LogP contribution in [0.15, 0.2) is 0 Å². The molecule has 4 nitrogen and oxygen atoms in total. The van der Waals surface area contributed by atoms with Crippen molar-refractivity contribution in [1.82, 2.24) is 5.48 Å². The highest BCUT2D eigenvalue weighted by Crippen LogP contribution is 2.20. The van der Waals surface area contributed by atoms with Crippen LogP contribution in [-0.4, -0.2) is 17.6 Å². The van der Waals surface area contributed by atoms with Crippen LogP contribution in [0.2, 0.25) is 0 Å². The first-order valence-corrected chi connectivity index (χ1v) is 5.31. The standard InChI is InChI=1S/C10H20N2O2/c1-3-10(2,11)9(13)12-14-8-6-4-5-7-8/h8H,3-7,11H2,1-2H3,(H,12,13). The molecule has 1 rings (SSSR count). The van der Waals surface area contributed by atoms with Crippen LogP contribution in [0.3, 0.4) is 0 Å². The van der Waals surface area contributed by atoms with Gasteiger partial charge in [-0.2, -0.15) is 0 Å². The summed E-state index contributed by atoms with van der Waals surface area (Å²) in [6.07, 6.45) is 5.24. The van der Waals surface area contributed by atoms with Gasteiger partial charge in [0.25, 0.3) is 5.91 Å². The molecule has 0 aromatic carbocycles. The highest BCUT2D eigenvalue weighted by Gasteiger charge is 2.27. The predicted octanol–water partition coefficient (Wildman–Crippen LogP) is 1.10. The summed E-state index contributed by atoms with van der Waals surface area (Å²) in [5.41, 5.74) is 7.38. The van der Waals surface area contributed by atoms with Crippen molar-refractivity contribution in [3.8, 4) is 0 Å². The molecular formula is C10H20N2O2. The van der Waals surface area contributed by atoms with Crippen molar-refractivity contribution >= 4 is 5.91 Å². The number of nitrogens with two attached hydrogens (primary N) is 1. The zero-order valence-electron chi connectivity index (χ0n) is 9.01. The van der Waals surface area contributed by atoms with Crippen molar-refractivity contribution in [2.45, 2.75) is 57.6 Å². The number of hydroxylamine groups is 1. The summed E-state index contributed by atoms with van der Waals surface area (Å²) in [6, 6.07) is 0. The Kier molecular flexibility index (Phi) is 3.89. The van der Waals surface area contributed by atoms with Crippen LogP contribution in [0.1, 0.15) is 46.0 Å². The van der Waals surface area contributed by atoms with Crippen molar-refractivity contribution in [3.63, 3.8) is 0 Å². The van der Waals surface area contributed by atoms with E-state index in [2.05, 4.69) is 5.48 Å². The third-order valence-corrected chi connectivity index (χ3v) is 2.87. The molecule has 82 valence electrons. The molecule has 1 aliphatic rings. The van der Waals surface area contributed by atoms with Crippen LogP contribution in [0.25, 0.3) is 0 Å². The lowest BCUT2D eigenvalue weighted by Crippen LogP contribution is -2.51. The van der Waals surface area contributed by atoms with E-state index >= 15 is 0 Å². The van der Waals surface area contributed by atoms with E-state index in [4.69, 9.17) is 10.6 Å². The van der Waals surface area contributed by atoms with E-state index in [0.717, 1.165) is 12.8 Å². The lowest BCUT2D eigenvalue weighted by atomic mass is 10.0. The first kappa shape index (κ1) is 11.5. The molecule has 1 aliphatic carbocycles. The van der Waals surface area contributed by atoms with Crippen LogP contribution >= 0.6 is 0 Å². The van der Waals surface area contributed by atoms with Gasteiger partial charge in [0.1, 0.15) is 0 Å². The van der Waals surface area contributed by atoms with Gasteiger partial charge in [-0.1, -0.05) is 19.8 Å². The number of hydrogen-bond donors (Lipinski definition) is 2. The summed E-state index contributed by atoms with van der Waals surface area (Å²) in [4.78, 5) is 16.8. The van der Waals surface area contributed by atoms with Crippen LogP contribution in [-0.2, 0) is 9.63 Å². The van der Waals surface area contributed by atoms with Crippen LogP contribution in [0.4, 0.5) is 0 Å². The summed E-state index contributed by atoms with van der Waals surface area (Å²) in [6.45, 7) is 3.59. The van der Waals surface area contributed by atoms with Crippen LogP contribution < -0.4 is 11.2 Å².